The third kappa shape index (κ3) is 7.15. The molecule has 0 spiro atoms. The van der Waals surface area contributed by atoms with Crippen molar-refractivity contribution in [3.05, 3.63) is 0 Å². The Morgan fingerprint density at radius 3 is 2.61 bits per heavy atom. The molecule has 0 atom stereocenters. The van der Waals surface area contributed by atoms with Crippen molar-refractivity contribution in [3.8, 4) is 0 Å². The number of carbonyl (C=O) groups is 1. The first kappa shape index (κ1) is 16.7. The molecule has 0 bridgehead atoms. The molecule has 0 rings (SSSR count). The number of aliphatic imine (C=N–C) groups is 1. The van der Waals surface area contributed by atoms with E-state index in [9.17, 15) is 9.59 Å². The topological polar surface area (TPSA) is 112 Å². The van der Waals surface area contributed by atoms with Crippen LogP contribution in [0, 0.1) is 0 Å². The number of nitrogens with zero attached hydrogens (tertiary/aromatic N) is 1. The molecule has 104 valence electrons. The van der Waals surface area contributed by atoms with Crippen molar-refractivity contribution in [1.82, 2.24) is 5.32 Å². The van der Waals surface area contributed by atoms with Crippen LogP contribution in [-0.2, 0) is 18.1 Å². The maximum absolute atomic E-state index is 10.5. The van der Waals surface area contributed by atoms with Gasteiger partial charge < -0.3 is 24.3 Å². The number of isocyanates is 1. The average Bonchev–Trinajstić information content (AvgIpc) is 2.37. The lowest BCUT2D eigenvalue weighted by atomic mass is 10.5. The van der Waals surface area contributed by atoms with Crippen molar-refractivity contribution < 1.29 is 22.9 Å². The zero-order valence-corrected chi connectivity index (χ0v) is 11.6. The van der Waals surface area contributed by atoms with Gasteiger partial charge >= 0.3 is 14.8 Å². The normalized spacial score (nSPS) is 10.8. The Balaban J connectivity index is 4.07. The quantitative estimate of drug-likeness (QED) is 0.245. The summed E-state index contributed by atoms with van der Waals surface area (Å²) in [6, 6.07) is -0.0382. The first-order valence-corrected chi connectivity index (χ1v) is 7.34. The fraction of sp³-hybridized carbons (Fsp3) is 0.778. The average molecular weight is 277 g/mol. The zero-order chi connectivity index (χ0) is 13.9. The first-order valence-electron chi connectivity index (χ1n) is 5.41. The van der Waals surface area contributed by atoms with E-state index in [1.54, 1.807) is 0 Å². The molecular weight excluding hydrogens is 258 g/mol. The molecule has 0 aromatic carbocycles. The molecular formula is C9H19N3O5Si. The number of hydrogen-bond donors (Lipinski definition) is 2. The summed E-state index contributed by atoms with van der Waals surface area (Å²) in [5.74, 6) is 0. The van der Waals surface area contributed by atoms with Gasteiger partial charge in [0.25, 0.3) is 0 Å². The number of nitrogens with one attached hydrogen (secondary N) is 1. The summed E-state index contributed by atoms with van der Waals surface area (Å²) in [4.78, 5) is 23.7. The van der Waals surface area contributed by atoms with E-state index in [1.165, 1.54) is 20.3 Å². The predicted octanol–water partition coefficient (Wildman–Crippen LogP) is -0.371. The number of carbonyl (C=O) groups excluding carboxylic acids is 2. The standard InChI is InChI=1S/C9H19N3O5Si/c1-15-18(16-2,17-6-5-11-8-13)7-3-4-12-9(10)14/h3-7H2,1-2H3,(H3,10,12,14). The van der Waals surface area contributed by atoms with E-state index in [-0.39, 0.29) is 13.2 Å². The van der Waals surface area contributed by atoms with Gasteiger partial charge in [-0.3, -0.25) is 0 Å². The number of nitrogens with two attached hydrogens (primary N) is 1. The number of primary amides is 1. The van der Waals surface area contributed by atoms with Crippen molar-refractivity contribution >= 4 is 20.9 Å². The summed E-state index contributed by atoms with van der Waals surface area (Å²) in [5.41, 5.74) is 4.94. The Labute approximate surface area is 107 Å². The van der Waals surface area contributed by atoms with Gasteiger partial charge in [0, 0.05) is 26.8 Å². The Bertz CT molecular complexity index is 292. The van der Waals surface area contributed by atoms with Crippen molar-refractivity contribution in [2.24, 2.45) is 10.7 Å². The molecule has 0 radical (unpaired) electrons. The van der Waals surface area contributed by atoms with E-state index in [2.05, 4.69) is 10.3 Å². The molecule has 0 fully saturated rings. The minimum absolute atomic E-state index is 0.213. The van der Waals surface area contributed by atoms with Crippen LogP contribution in [0.25, 0.3) is 0 Å². The van der Waals surface area contributed by atoms with Gasteiger partial charge in [-0.05, 0) is 6.42 Å². The molecule has 0 saturated carbocycles. The summed E-state index contributed by atoms with van der Waals surface area (Å²) in [6.45, 7) is 0.865. The molecule has 9 heteroatoms. The van der Waals surface area contributed by atoms with Crippen molar-refractivity contribution in [2.45, 2.75) is 12.5 Å². The van der Waals surface area contributed by atoms with E-state index >= 15 is 0 Å². The molecule has 2 amide bonds. The highest BCUT2D eigenvalue weighted by atomic mass is 28.4. The molecule has 0 aromatic rings. The number of hydrogen-bond acceptors (Lipinski definition) is 6. The third-order valence-electron chi connectivity index (χ3n) is 2.17. The van der Waals surface area contributed by atoms with Gasteiger partial charge in [0.05, 0.1) is 13.2 Å². The van der Waals surface area contributed by atoms with Crippen molar-refractivity contribution in [3.63, 3.8) is 0 Å². The monoisotopic (exact) mass is 277 g/mol. The smallest absolute Gasteiger partial charge is 0.377 e. The summed E-state index contributed by atoms with van der Waals surface area (Å²) >= 11 is 0. The number of urea groups is 1. The molecule has 0 heterocycles. The fourth-order valence-electron chi connectivity index (χ4n) is 1.29. The fourth-order valence-corrected chi connectivity index (χ4v) is 3.25. The molecule has 0 aromatic heterocycles. The molecule has 0 aliphatic rings. The van der Waals surface area contributed by atoms with Gasteiger partial charge in [-0.1, -0.05) is 0 Å². The summed E-state index contributed by atoms with van der Waals surface area (Å²) in [5, 5.41) is 2.47. The van der Waals surface area contributed by atoms with Crippen LogP contribution in [0.3, 0.4) is 0 Å². The minimum atomic E-state index is -2.75. The molecule has 3 N–H and O–H groups in total. The van der Waals surface area contributed by atoms with E-state index in [0.717, 1.165) is 0 Å². The SMILES string of the molecule is CO[Si](CCCNC(N)=O)(OC)OCCN=C=O. The lowest BCUT2D eigenvalue weighted by Crippen LogP contribution is -2.45. The molecule has 0 aliphatic heterocycles. The maximum atomic E-state index is 10.5. The van der Waals surface area contributed by atoms with Crippen LogP contribution in [0.4, 0.5) is 4.79 Å². The van der Waals surface area contributed by atoms with Gasteiger partial charge in [0.2, 0.25) is 6.08 Å². The van der Waals surface area contributed by atoms with Gasteiger partial charge in [-0.25, -0.2) is 14.6 Å². The van der Waals surface area contributed by atoms with Gasteiger partial charge in [0.1, 0.15) is 0 Å². The highest BCUT2D eigenvalue weighted by molar-refractivity contribution is 6.60. The second-order valence-electron chi connectivity index (χ2n) is 3.31. The van der Waals surface area contributed by atoms with Crippen LogP contribution in [-0.4, -0.2) is 54.8 Å². The van der Waals surface area contributed by atoms with E-state index in [4.69, 9.17) is 19.0 Å². The highest BCUT2D eigenvalue weighted by Crippen LogP contribution is 2.15. The minimum Gasteiger partial charge on any atom is -0.377 e. The summed E-state index contributed by atoms with van der Waals surface area (Å²) in [7, 11) is 0.253. The lowest BCUT2D eigenvalue weighted by Gasteiger charge is -2.26. The Morgan fingerprint density at radius 1 is 1.44 bits per heavy atom. The number of rotatable bonds is 10. The third-order valence-corrected chi connectivity index (χ3v) is 5.02. The second-order valence-corrected chi connectivity index (χ2v) is 6.28. The second kappa shape index (κ2) is 9.74. The lowest BCUT2D eigenvalue weighted by molar-refractivity contribution is 0.101. The Morgan fingerprint density at radius 2 is 2.11 bits per heavy atom. The molecule has 18 heavy (non-hydrogen) atoms. The number of amides is 2. The first-order chi connectivity index (χ1) is 8.60. The van der Waals surface area contributed by atoms with Gasteiger partial charge in [-0.2, -0.15) is 0 Å². The van der Waals surface area contributed by atoms with Crippen LogP contribution >= 0.6 is 0 Å². The van der Waals surface area contributed by atoms with Gasteiger partial charge in [-0.15, -0.1) is 0 Å². The van der Waals surface area contributed by atoms with Crippen LogP contribution < -0.4 is 11.1 Å². The van der Waals surface area contributed by atoms with Crippen LogP contribution in [0.5, 0.6) is 0 Å². The molecule has 0 saturated heterocycles. The van der Waals surface area contributed by atoms with E-state index in [1.807, 2.05) is 0 Å². The van der Waals surface area contributed by atoms with Gasteiger partial charge in [0.15, 0.2) is 0 Å². The van der Waals surface area contributed by atoms with Crippen LogP contribution in [0.2, 0.25) is 6.04 Å². The van der Waals surface area contributed by atoms with Crippen molar-refractivity contribution in [1.29, 1.82) is 0 Å². The predicted molar refractivity (Wildman–Crippen MR) is 65.7 cm³/mol. The molecule has 8 nitrogen and oxygen atoms in total. The largest absolute Gasteiger partial charge is 0.500 e. The van der Waals surface area contributed by atoms with E-state index in [0.29, 0.717) is 19.0 Å². The molecule has 0 aliphatic carbocycles. The summed E-state index contributed by atoms with van der Waals surface area (Å²) < 4.78 is 16.1. The zero-order valence-electron chi connectivity index (χ0n) is 10.6. The maximum Gasteiger partial charge on any atom is 0.500 e. The Kier molecular flexibility index (Phi) is 9.07. The van der Waals surface area contributed by atoms with Crippen LogP contribution in [0.15, 0.2) is 4.99 Å². The Hall–Kier alpha value is -1.25. The van der Waals surface area contributed by atoms with Crippen LogP contribution in [0.1, 0.15) is 6.42 Å². The summed E-state index contributed by atoms with van der Waals surface area (Å²) in [6.07, 6.45) is 2.04. The highest BCUT2D eigenvalue weighted by Gasteiger charge is 2.38. The molecule has 0 unspecified atom stereocenters. The van der Waals surface area contributed by atoms with Crippen molar-refractivity contribution in [2.75, 3.05) is 33.9 Å². The van der Waals surface area contributed by atoms with E-state index < -0.39 is 14.8 Å².